The van der Waals surface area contributed by atoms with Crippen molar-refractivity contribution in [2.45, 2.75) is 18.7 Å². The molecular formula is C11H9F3O2. The molecule has 1 aromatic heterocycles. The van der Waals surface area contributed by atoms with Crippen molar-refractivity contribution in [3.63, 3.8) is 0 Å². The van der Waals surface area contributed by atoms with Gasteiger partial charge in [-0.15, -0.1) is 0 Å². The van der Waals surface area contributed by atoms with E-state index >= 15 is 0 Å². The molecule has 5 heteroatoms. The topological polar surface area (TPSA) is 33.4 Å². The van der Waals surface area contributed by atoms with E-state index in [2.05, 4.69) is 0 Å². The van der Waals surface area contributed by atoms with Crippen LogP contribution in [0.3, 0.4) is 0 Å². The molecule has 0 bridgehead atoms. The molecule has 0 radical (unpaired) electrons. The Bertz CT molecular complexity index is 511. The van der Waals surface area contributed by atoms with Crippen LogP contribution in [0.4, 0.5) is 13.2 Å². The molecule has 1 N–H and O–H groups in total. The largest absolute Gasteiger partial charge is 0.464 e. The molecule has 1 aromatic carbocycles. The summed E-state index contributed by atoms with van der Waals surface area (Å²) in [5.41, 5.74) is -2.78. The summed E-state index contributed by atoms with van der Waals surface area (Å²) in [6.07, 6.45) is -3.33. The van der Waals surface area contributed by atoms with Gasteiger partial charge in [0.05, 0.1) is 6.26 Å². The van der Waals surface area contributed by atoms with Crippen molar-refractivity contribution in [2.24, 2.45) is 0 Å². The van der Waals surface area contributed by atoms with Crippen molar-refractivity contribution in [1.29, 1.82) is 0 Å². The number of furan rings is 1. The highest BCUT2D eigenvalue weighted by Gasteiger charge is 2.51. The summed E-state index contributed by atoms with van der Waals surface area (Å²) in [5, 5.41) is 10.1. The number of benzene rings is 1. The van der Waals surface area contributed by atoms with E-state index in [1.54, 1.807) is 6.07 Å². The molecule has 2 nitrogen and oxygen atoms in total. The van der Waals surface area contributed by atoms with Crippen molar-refractivity contribution in [2.75, 3.05) is 0 Å². The molecule has 1 atom stereocenters. The smallest absolute Gasteiger partial charge is 0.421 e. The first-order valence-electron chi connectivity index (χ1n) is 4.59. The number of hydrogen-bond donors (Lipinski definition) is 1. The zero-order chi connectivity index (χ0) is 12.0. The molecule has 0 aliphatic heterocycles. The van der Waals surface area contributed by atoms with Crippen LogP contribution in [0.25, 0.3) is 11.0 Å². The average Bonchev–Trinajstić information content (AvgIpc) is 2.61. The molecule has 86 valence electrons. The Morgan fingerprint density at radius 2 is 1.88 bits per heavy atom. The summed E-state index contributed by atoms with van der Waals surface area (Å²) < 4.78 is 42.7. The normalized spacial score (nSPS) is 16.3. The average molecular weight is 230 g/mol. The molecule has 2 rings (SSSR count). The van der Waals surface area contributed by atoms with E-state index < -0.39 is 11.8 Å². The summed E-state index contributed by atoms with van der Waals surface area (Å²) in [5.74, 6) is 0. The number of alkyl halides is 3. The minimum absolute atomic E-state index is 0.234. The summed E-state index contributed by atoms with van der Waals surface area (Å²) in [6, 6.07) is 5.56. The maximum Gasteiger partial charge on any atom is 0.421 e. The summed E-state index contributed by atoms with van der Waals surface area (Å²) in [6.45, 7) is 0.719. The number of fused-ring (bicyclic) bond motifs is 1. The Kier molecular flexibility index (Phi) is 2.24. The molecule has 0 aliphatic carbocycles. The lowest BCUT2D eigenvalue weighted by Crippen LogP contribution is -2.39. The van der Waals surface area contributed by atoms with Gasteiger partial charge in [-0.3, -0.25) is 0 Å². The Hall–Kier alpha value is -1.49. The van der Waals surface area contributed by atoms with Gasteiger partial charge in [-0.2, -0.15) is 13.2 Å². The molecule has 1 unspecified atom stereocenters. The van der Waals surface area contributed by atoms with Gasteiger partial charge in [0.25, 0.3) is 0 Å². The maximum atomic E-state index is 12.6. The number of hydrogen-bond acceptors (Lipinski definition) is 2. The van der Waals surface area contributed by atoms with Gasteiger partial charge in [0.15, 0.2) is 5.60 Å². The lowest BCUT2D eigenvalue weighted by molar-refractivity contribution is -0.258. The van der Waals surface area contributed by atoms with Gasteiger partial charge in [0.2, 0.25) is 0 Å². The van der Waals surface area contributed by atoms with Crippen LogP contribution < -0.4 is 0 Å². The van der Waals surface area contributed by atoms with Crippen LogP contribution >= 0.6 is 0 Å². The zero-order valence-corrected chi connectivity index (χ0v) is 8.38. The Morgan fingerprint density at radius 1 is 1.19 bits per heavy atom. The molecular weight excluding hydrogens is 221 g/mol. The zero-order valence-electron chi connectivity index (χ0n) is 8.38. The highest BCUT2D eigenvalue weighted by molar-refractivity contribution is 5.77. The highest BCUT2D eigenvalue weighted by Crippen LogP contribution is 2.39. The molecule has 0 amide bonds. The van der Waals surface area contributed by atoms with Crippen LogP contribution in [0.1, 0.15) is 12.5 Å². The van der Waals surface area contributed by atoms with Gasteiger partial charge >= 0.3 is 6.18 Å². The van der Waals surface area contributed by atoms with Crippen LogP contribution in [0.5, 0.6) is 0 Å². The van der Waals surface area contributed by atoms with Crippen molar-refractivity contribution < 1.29 is 22.7 Å². The quantitative estimate of drug-likeness (QED) is 0.816. The van der Waals surface area contributed by atoms with E-state index in [0.717, 1.165) is 6.92 Å². The van der Waals surface area contributed by atoms with Crippen molar-refractivity contribution in [1.82, 2.24) is 0 Å². The molecule has 0 fully saturated rings. The maximum absolute atomic E-state index is 12.6. The first-order valence-corrected chi connectivity index (χ1v) is 4.59. The molecule has 0 saturated carbocycles. The van der Waals surface area contributed by atoms with Gasteiger partial charge in [-0.1, -0.05) is 12.1 Å². The minimum atomic E-state index is -4.72. The third-order valence-electron chi connectivity index (χ3n) is 2.57. The molecule has 0 spiro atoms. The Balaban J connectivity index is 2.54. The molecule has 0 saturated heterocycles. The third-order valence-corrected chi connectivity index (χ3v) is 2.57. The molecule has 0 aliphatic rings. The van der Waals surface area contributed by atoms with Gasteiger partial charge in [0.1, 0.15) is 5.58 Å². The van der Waals surface area contributed by atoms with Crippen molar-refractivity contribution in [3.8, 4) is 0 Å². The SMILES string of the molecule is CC(O)(c1ccc2ccoc2c1)C(F)(F)F. The van der Waals surface area contributed by atoms with Gasteiger partial charge in [-0.05, 0) is 24.6 Å². The van der Waals surface area contributed by atoms with Crippen LogP contribution in [-0.2, 0) is 5.60 Å². The summed E-state index contributed by atoms with van der Waals surface area (Å²) >= 11 is 0. The predicted molar refractivity (Wildman–Crippen MR) is 51.8 cm³/mol. The lowest BCUT2D eigenvalue weighted by atomic mass is 9.95. The van der Waals surface area contributed by atoms with E-state index in [0.29, 0.717) is 11.0 Å². The monoisotopic (exact) mass is 230 g/mol. The lowest BCUT2D eigenvalue weighted by Gasteiger charge is -2.26. The first-order chi connectivity index (χ1) is 7.32. The predicted octanol–water partition coefficient (Wildman–Crippen LogP) is 3.20. The highest BCUT2D eigenvalue weighted by atomic mass is 19.4. The fourth-order valence-electron chi connectivity index (χ4n) is 1.42. The van der Waals surface area contributed by atoms with Crippen molar-refractivity contribution in [3.05, 3.63) is 36.1 Å². The Labute approximate surface area is 89.3 Å². The summed E-state index contributed by atoms with van der Waals surface area (Å²) in [7, 11) is 0. The Morgan fingerprint density at radius 3 is 2.50 bits per heavy atom. The van der Waals surface area contributed by atoms with Crippen LogP contribution in [0, 0.1) is 0 Å². The molecule has 2 aromatic rings. The van der Waals surface area contributed by atoms with Crippen LogP contribution in [0.15, 0.2) is 34.9 Å². The third kappa shape index (κ3) is 1.57. The van der Waals surface area contributed by atoms with E-state index in [1.807, 2.05) is 0 Å². The summed E-state index contributed by atoms with van der Waals surface area (Å²) in [4.78, 5) is 0. The van der Waals surface area contributed by atoms with E-state index in [9.17, 15) is 18.3 Å². The second-order valence-corrected chi connectivity index (χ2v) is 3.74. The van der Waals surface area contributed by atoms with Crippen LogP contribution in [-0.4, -0.2) is 11.3 Å². The van der Waals surface area contributed by atoms with E-state index in [4.69, 9.17) is 4.42 Å². The second-order valence-electron chi connectivity index (χ2n) is 3.74. The van der Waals surface area contributed by atoms with Gasteiger partial charge in [0, 0.05) is 5.39 Å². The molecule has 1 heterocycles. The second kappa shape index (κ2) is 3.25. The number of halogens is 3. The van der Waals surface area contributed by atoms with Gasteiger partial charge < -0.3 is 9.52 Å². The standard InChI is InChI=1S/C11H9F3O2/c1-10(15,11(12,13)14)8-3-2-7-4-5-16-9(7)6-8/h2-6,15H,1H3. The minimum Gasteiger partial charge on any atom is -0.464 e. The van der Waals surface area contributed by atoms with Crippen LogP contribution in [0.2, 0.25) is 0 Å². The first kappa shape index (κ1) is 11.0. The fraction of sp³-hybridized carbons (Fsp3) is 0.273. The van der Waals surface area contributed by atoms with Crippen molar-refractivity contribution >= 4 is 11.0 Å². The van der Waals surface area contributed by atoms with E-state index in [-0.39, 0.29) is 5.56 Å². The number of rotatable bonds is 1. The number of aliphatic hydroxyl groups is 1. The molecule has 16 heavy (non-hydrogen) atoms. The van der Waals surface area contributed by atoms with Gasteiger partial charge in [-0.25, -0.2) is 0 Å². The fourth-order valence-corrected chi connectivity index (χ4v) is 1.42. The van der Waals surface area contributed by atoms with E-state index in [1.165, 1.54) is 24.5 Å².